The summed E-state index contributed by atoms with van der Waals surface area (Å²) in [6.45, 7) is 5.81. The standard InChI is InChI=1S/C18H29N3OS/c1-19(16-6-3-2-4-7-16)18(22)15-21-11-9-20(10-12-21)14-17-8-5-13-23-17/h5,8,13,16H,2-4,6-7,9-12,14-15H2,1H3. The summed E-state index contributed by atoms with van der Waals surface area (Å²) in [6, 6.07) is 4.81. The molecule has 2 aliphatic rings. The van der Waals surface area contributed by atoms with Crippen LogP contribution in [0.1, 0.15) is 37.0 Å². The highest BCUT2D eigenvalue weighted by Crippen LogP contribution is 2.22. The molecule has 0 radical (unpaired) electrons. The van der Waals surface area contributed by atoms with E-state index in [9.17, 15) is 4.79 Å². The number of thiophene rings is 1. The zero-order chi connectivity index (χ0) is 16.1. The van der Waals surface area contributed by atoms with Crippen LogP contribution < -0.4 is 0 Å². The minimum absolute atomic E-state index is 0.309. The molecule has 1 saturated carbocycles. The molecule has 1 saturated heterocycles. The van der Waals surface area contributed by atoms with Crippen LogP contribution in [-0.2, 0) is 11.3 Å². The third-order valence-electron chi connectivity index (χ3n) is 5.30. The van der Waals surface area contributed by atoms with Crippen molar-refractivity contribution in [2.45, 2.75) is 44.7 Å². The monoisotopic (exact) mass is 335 g/mol. The van der Waals surface area contributed by atoms with E-state index in [0.717, 1.165) is 32.7 Å². The normalized spacial score (nSPS) is 21.4. The Kier molecular flexibility index (Phi) is 6.08. The smallest absolute Gasteiger partial charge is 0.236 e. The van der Waals surface area contributed by atoms with Gasteiger partial charge in [0.05, 0.1) is 6.54 Å². The fraction of sp³-hybridized carbons (Fsp3) is 0.722. The second kappa shape index (κ2) is 8.27. The second-order valence-corrected chi connectivity index (χ2v) is 7.96. The third-order valence-corrected chi connectivity index (χ3v) is 6.16. The van der Waals surface area contributed by atoms with Gasteiger partial charge in [0, 0.05) is 50.7 Å². The van der Waals surface area contributed by atoms with Crippen molar-refractivity contribution in [3.63, 3.8) is 0 Å². The summed E-state index contributed by atoms with van der Waals surface area (Å²) in [5.41, 5.74) is 0. The van der Waals surface area contributed by atoms with Gasteiger partial charge in [0.1, 0.15) is 0 Å². The highest BCUT2D eigenvalue weighted by molar-refractivity contribution is 7.09. The number of amides is 1. The molecule has 2 heterocycles. The van der Waals surface area contributed by atoms with Gasteiger partial charge in [-0.1, -0.05) is 25.3 Å². The summed E-state index contributed by atoms with van der Waals surface area (Å²) in [5.74, 6) is 0.309. The van der Waals surface area contributed by atoms with Gasteiger partial charge in [0.15, 0.2) is 0 Å². The lowest BCUT2D eigenvalue weighted by molar-refractivity contribution is -0.134. The highest BCUT2D eigenvalue weighted by atomic mass is 32.1. The van der Waals surface area contributed by atoms with E-state index in [1.807, 2.05) is 23.3 Å². The van der Waals surface area contributed by atoms with Gasteiger partial charge >= 0.3 is 0 Å². The van der Waals surface area contributed by atoms with Crippen LogP contribution in [0.25, 0.3) is 0 Å². The number of carbonyl (C=O) groups excluding carboxylic acids is 1. The van der Waals surface area contributed by atoms with Crippen molar-refractivity contribution in [2.24, 2.45) is 0 Å². The first kappa shape index (κ1) is 16.9. The maximum absolute atomic E-state index is 12.5. The maximum atomic E-state index is 12.5. The minimum atomic E-state index is 0.309. The van der Waals surface area contributed by atoms with Gasteiger partial charge in [-0.05, 0) is 24.3 Å². The SMILES string of the molecule is CN(C(=O)CN1CCN(Cc2cccs2)CC1)C1CCCCC1. The topological polar surface area (TPSA) is 26.8 Å². The largest absolute Gasteiger partial charge is 0.342 e. The second-order valence-electron chi connectivity index (χ2n) is 6.93. The molecule has 0 aromatic carbocycles. The summed E-state index contributed by atoms with van der Waals surface area (Å²) in [7, 11) is 2.01. The molecule has 128 valence electrons. The van der Waals surface area contributed by atoms with E-state index < -0.39 is 0 Å². The number of likely N-dealkylation sites (N-methyl/N-ethyl adjacent to an activating group) is 1. The summed E-state index contributed by atoms with van der Waals surface area (Å²) < 4.78 is 0. The zero-order valence-electron chi connectivity index (χ0n) is 14.2. The Morgan fingerprint density at radius 3 is 2.52 bits per heavy atom. The van der Waals surface area contributed by atoms with Gasteiger partial charge in [-0.25, -0.2) is 0 Å². The molecule has 1 amide bonds. The fourth-order valence-electron chi connectivity index (χ4n) is 3.70. The van der Waals surface area contributed by atoms with E-state index in [2.05, 4.69) is 27.3 Å². The molecule has 3 rings (SSSR count). The van der Waals surface area contributed by atoms with Crippen molar-refractivity contribution in [1.29, 1.82) is 0 Å². The van der Waals surface area contributed by atoms with Crippen molar-refractivity contribution in [3.8, 4) is 0 Å². The summed E-state index contributed by atoms with van der Waals surface area (Å²) in [5, 5.41) is 2.14. The predicted octanol–water partition coefficient (Wildman–Crippen LogP) is 2.66. The number of carbonyl (C=O) groups is 1. The molecule has 4 nitrogen and oxygen atoms in total. The zero-order valence-corrected chi connectivity index (χ0v) is 15.1. The van der Waals surface area contributed by atoms with Crippen LogP contribution in [0.15, 0.2) is 17.5 Å². The van der Waals surface area contributed by atoms with Crippen LogP contribution in [0.3, 0.4) is 0 Å². The molecular weight excluding hydrogens is 306 g/mol. The van der Waals surface area contributed by atoms with Crippen LogP contribution >= 0.6 is 11.3 Å². The number of piperazine rings is 1. The maximum Gasteiger partial charge on any atom is 0.236 e. The Morgan fingerprint density at radius 2 is 1.87 bits per heavy atom. The molecule has 1 aromatic rings. The molecule has 0 unspecified atom stereocenters. The number of hydrogen-bond donors (Lipinski definition) is 0. The van der Waals surface area contributed by atoms with E-state index in [1.165, 1.54) is 37.0 Å². The predicted molar refractivity (Wildman–Crippen MR) is 95.7 cm³/mol. The van der Waals surface area contributed by atoms with Crippen LogP contribution in [-0.4, -0.2) is 66.4 Å². The van der Waals surface area contributed by atoms with Gasteiger partial charge < -0.3 is 4.90 Å². The Hall–Kier alpha value is -0.910. The number of hydrogen-bond acceptors (Lipinski definition) is 4. The van der Waals surface area contributed by atoms with Gasteiger partial charge in [0.2, 0.25) is 5.91 Å². The van der Waals surface area contributed by atoms with Gasteiger partial charge in [0.25, 0.3) is 0 Å². The summed E-state index contributed by atoms with van der Waals surface area (Å²) in [4.78, 5) is 20.8. The van der Waals surface area contributed by atoms with Crippen molar-refractivity contribution in [1.82, 2.24) is 14.7 Å². The number of nitrogens with zero attached hydrogens (tertiary/aromatic N) is 3. The first-order valence-electron chi connectivity index (χ1n) is 8.95. The van der Waals surface area contributed by atoms with E-state index >= 15 is 0 Å². The van der Waals surface area contributed by atoms with Gasteiger partial charge in [-0.15, -0.1) is 11.3 Å². The van der Waals surface area contributed by atoms with E-state index in [0.29, 0.717) is 18.5 Å². The van der Waals surface area contributed by atoms with Crippen LogP contribution in [0.2, 0.25) is 0 Å². The molecule has 0 N–H and O–H groups in total. The van der Waals surface area contributed by atoms with Crippen LogP contribution in [0.5, 0.6) is 0 Å². The lowest BCUT2D eigenvalue weighted by Crippen LogP contribution is -2.50. The molecule has 0 bridgehead atoms. The first-order valence-corrected chi connectivity index (χ1v) is 9.83. The average Bonchev–Trinajstić information content (AvgIpc) is 3.10. The quantitative estimate of drug-likeness (QED) is 0.828. The summed E-state index contributed by atoms with van der Waals surface area (Å²) in [6.07, 6.45) is 6.28. The molecule has 5 heteroatoms. The first-order chi connectivity index (χ1) is 11.2. The third kappa shape index (κ3) is 4.78. The minimum Gasteiger partial charge on any atom is -0.342 e. The Balaban J connectivity index is 1.40. The van der Waals surface area contributed by atoms with Crippen molar-refractivity contribution in [2.75, 3.05) is 39.8 Å². The highest BCUT2D eigenvalue weighted by Gasteiger charge is 2.25. The van der Waals surface area contributed by atoms with E-state index in [-0.39, 0.29) is 0 Å². The molecule has 0 spiro atoms. The Bertz CT molecular complexity index is 476. The molecule has 23 heavy (non-hydrogen) atoms. The van der Waals surface area contributed by atoms with Gasteiger partial charge in [-0.3, -0.25) is 14.6 Å². The van der Waals surface area contributed by atoms with Crippen molar-refractivity contribution in [3.05, 3.63) is 22.4 Å². The molecular formula is C18H29N3OS. The number of rotatable bonds is 5. The van der Waals surface area contributed by atoms with Crippen LogP contribution in [0, 0.1) is 0 Å². The Labute approximate surface area is 144 Å². The van der Waals surface area contributed by atoms with Crippen LogP contribution in [0.4, 0.5) is 0 Å². The molecule has 1 aliphatic heterocycles. The van der Waals surface area contributed by atoms with Crippen molar-refractivity contribution < 1.29 is 4.79 Å². The molecule has 1 aromatic heterocycles. The molecule has 0 atom stereocenters. The lowest BCUT2D eigenvalue weighted by atomic mass is 9.94. The average molecular weight is 336 g/mol. The summed E-state index contributed by atoms with van der Waals surface area (Å²) >= 11 is 1.83. The molecule has 1 aliphatic carbocycles. The Morgan fingerprint density at radius 1 is 1.17 bits per heavy atom. The molecule has 2 fully saturated rings. The van der Waals surface area contributed by atoms with E-state index in [4.69, 9.17) is 0 Å². The van der Waals surface area contributed by atoms with E-state index in [1.54, 1.807) is 0 Å². The fourth-order valence-corrected chi connectivity index (χ4v) is 4.45. The van der Waals surface area contributed by atoms with Crippen molar-refractivity contribution >= 4 is 17.2 Å². The van der Waals surface area contributed by atoms with Gasteiger partial charge in [-0.2, -0.15) is 0 Å². The lowest BCUT2D eigenvalue weighted by Gasteiger charge is -2.36.